The van der Waals surface area contributed by atoms with Crippen molar-refractivity contribution in [3.63, 3.8) is 0 Å². The predicted octanol–water partition coefficient (Wildman–Crippen LogP) is 2.86. The van der Waals surface area contributed by atoms with E-state index in [9.17, 15) is 0 Å². The summed E-state index contributed by atoms with van der Waals surface area (Å²) in [7, 11) is 0. The van der Waals surface area contributed by atoms with Gasteiger partial charge in [-0.05, 0) is 43.5 Å². The molecule has 0 aliphatic carbocycles. The molecule has 0 saturated carbocycles. The van der Waals surface area contributed by atoms with Gasteiger partial charge in [0.2, 0.25) is 5.89 Å². The monoisotopic (exact) mass is 355 g/mol. The molecule has 140 valence electrons. The van der Waals surface area contributed by atoms with Crippen LogP contribution in [0.5, 0.6) is 0 Å². The van der Waals surface area contributed by atoms with Crippen molar-refractivity contribution >= 4 is 0 Å². The van der Waals surface area contributed by atoms with Gasteiger partial charge >= 0.3 is 0 Å². The Kier molecular flexibility index (Phi) is 4.80. The van der Waals surface area contributed by atoms with Gasteiger partial charge in [0.05, 0.1) is 6.54 Å². The van der Waals surface area contributed by atoms with Crippen LogP contribution in [-0.4, -0.2) is 50.6 Å². The number of aromatic nitrogens is 3. The number of piperidine rings is 3. The van der Waals surface area contributed by atoms with Crippen molar-refractivity contribution in [3.8, 4) is 0 Å². The van der Waals surface area contributed by atoms with Gasteiger partial charge in [-0.3, -0.25) is 9.88 Å². The van der Waals surface area contributed by atoms with Crippen LogP contribution in [0, 0.1) is 5.92 Å². The van der Waals surface area contributed by atoms with Gasteiger partial charge in [-0.1, -0.05) is 32.0 Å². The van der Waals surface area contributed by atoms with Crippen LogP contribution in [0.25, 0.3) is 0 Å². The molecule has 2 aromatic rings. The third-order valence-corrected chi connectivity index (χ3v) is 5.65. The summed E-state index contributed by atoms with van der Waals surface area (Å²) in [6.07, 6.45) is 6.39. The van der Waals surface area contributed by atoms with E-state index in [1.807, 2.05) is 18.5 Å². The zero-order valence-corrected chi connectivity index (χ0v) is 16.1. The fraction of sp³-hybridized carbons (Fsp3) is 0.650. The third-order valence-electron chi connectivity index (χ3n) is 5.65. The zero-order valence-electron chi connectivity index (χ0n) is 16.1. The molecule has 3 aliphatic rings. The van der Waals surface area contributed by atoms with Crippen molar-refractivity contribution in [2.45, 2.75) is 58.2 Å². The first-order chi connectivity index (χ1) is 12.5. The first kappa shape index (κ1) is 17.6. The van der Waals surface area contributed by atoms with Crippen LogP contribution in [0.1, 0.15) is 50.9 Å². The first-order valence-corrected chi connectivity index (χ1v) is 9.67. The minimum absolute atomic E-state index is 0.116. The van der Waals surface area contributed by atoms with Gasteiger partial charge in [0.15, 0.2) is 5.82 Å². The van der Waals surface area contributed by atoms with Crippen LogP contribution in [0.3, 0.4) is 0 Å². The lowest BCUT2D eigenvalue weighted by molar-refractivity contribution is -0.00395. The quantitative estimate of drug-likeness (QED) is 0.822. The molecule has 0 amide bonds. The summed E-state index contributed by atoms with van der Waals surface area (Å²) in [5.74, 6) is 2.27. The Labute approximate surface area is 155 Å². The molecular formula is C20H29N5O. The average molecular weight is 355 g/mol. The van der Waals surface area contributed by atoms with Crippen molar-refractivity contribution < 1.29 is 4.52 Å². The van der Waals surface area contributed by atoms with Gasteiger partial charge in [0, 0.05) is 36.9 Å². The van der Waals surface area contributed by atoms with E-state index in [2.05, 4.69) is 51.8 Å². The highest BCUT2D eigenvalue weighted by Gasteiger charge is 2.38. The van der Waals surface area contributed by atoms with E-state index in [0.29, 0.717) is 11.9 Å². The lowest BCUT2D eigenvalue weighted by atomic mass is 9.83. The molecule has 26 heavy (non-hydrogen) atoms. The summed E-state index contributed by atoms with van der Waals surface area (Å²) in [6, 6.07) is 4.71. The molecule has 3 aliphatic heterocycles. The van der Waals surface area contributed by atoms with Gasteiger partial charge in [0.25, 0.3) is 0 Å². The highest BCUT2D eigenvalue weighted by atomic mass is 16.5. The maximum Gasteiger partial charge on any atom is 0.232 e. The molecule has 6 nitrogen and oxygen atoms in total. The summed E-state index contributed by atoms with van der Waals surface area (Å²) in [5.41, 5.74) is 1.12. The van der Waals surface area contributed by atoms with Crippen LogP contribution in [-0.2, 0) is 18.5 Å². The maximum absolute atomic E-state index is 5.52. The Morgan fingerprint density at radius 2 is 2.04 bits per heavy atom. The topological polar surface area (TPSA) is 58.3 Å². The Bertz CT molecular complexity index is 715. The summed E-state index contributed by atoms with van der Waals surface area (Å²) >= 11 is 0. The predicted molar refractivity (Wildman–Crippen MR) is 99.4 cm³/mol. The van der Waals surface area contributed by atoms with Crippen LogP contribution >= 0.6 is 0 Å². The van der Waals surface area contributed by atoms with Gasteiger partial charge in [-0.2, -0.15) is 4.98 Å². The minimum atomic E-state index is -0.116. The lowest BCUT2D eigenvalue weighted by Crippen LogP contribution is -2.56. The molecule has 2 bridgehead atoms. The summed E-state index contributed by atoms with van der Waals surface area (Å²) in [4.78, 5) is 14.1. The molecule has 5 rings (SSSR count). The number of nitrogens with zero attached hydrogens (tertiary/aromatic N) is 5. The van der Waals surface area contributed by atoms with Gasteiger partial charge < -0.3 is 9.42 Å². The Hall–Kier alpha value is -1.79. The zero-order chi connectivity index (χ0) is 18.1. The van der Waals surface area contributed by atoms with E-state index in [0.717, 1.165) is 31.4 Å². The smallest absolute Gasteiger partial charge is 0.232 e. The normalized spacial score (nSPS) is 25.8. The molecule has 3 fully saturated rings. The fourth-order valence-corrected chi connectivity index (χ4v) is 4.17. The van der Waals surface area contributed by atoms with E-state index in [1.54, 1.807) is 0 Å². The van der Waals surface area contributed by atoms with Gasteiger partial charge in [-0.25, -0.2) is 0 Å². The van der Waals surface area contributed by atoms with Crippen LogP contribution in [0.4, 0.5) is 0 Å². The summed E-state index contributed by atoms with van der Waals surface area (Å²) in [6.45, 7) is 11.6. The van der Waals surface area contributed by atoms with E-state index in [4.69, 9.17) is 4.52 Å². The van der Waals surface area contributed by atoms with Crippen molar-refractivity contribution in [1.29, 1.82) is 0 Å². The maximum atomic E-state index is 5.52. The number of hydrogen-bond donors (Lipinski definition) is 0. The van der Waals surface area contributed by atoms with E-state index in [1.165, 1.54) is 31.5 Å². The highest BCUT2D eigenvalue weighted by Crippen LogP contribution is 2.32. The van der Waals surface area contributed by atoms with Gasteiger partial charge in [-0.15, -0.1) is 0 Å². The standard InChI is InChI=1S/C20H29N5O/c1-20(2,3)19-22-18(23-26-19)14-25(12-15-5-4-8-21-11-15)17-13-24-9-6-16(17)7-10-24/h4-5,8,11,16-17H,6-7,9-10,12-14H2,1-3H3/t17-/m0/s1. The molecule has 0 unspecified atom stereocenters. The van der Waals surface area contributed by atoms with Crippen molar-refractivity contribution in [3.05, 3.63) is 41.8 Å². The second-order valence-corrected chi connectivity index (χ2v) is 8.74. The summed E-state index contributed by atoms with van der Waals surface area (Å²) < 4.78 is 5.52. The first-order valence-electron chi connectivity index (χ1n) is 9.67. The van der Waals surface area contributed by atoms with Crippen LogP contribution in [0.2, 0.25) is 0 Å². The molecule has 5 heterocycles. The summed E-state index contributed by atoms with van der Waals surface area (Å²) in [5, 5.41) is 4.26. The molecule has 6 heteroatoms. The van der Waals surface area contributed by atoms with E-state index >= 15 is 0 Å². The average Bonchev–Trinajstić information content (AvgIpc) is 3.12. The van der Waals surface area contributed by atoms with Crippen LogP contribution in [0.15, 0.2) is 29.0 Å². The molecule has 0 radical (unpaired) electrons. The Morgan fingerprint density at radius 3 is 2.62 bits per heavy atom. The molecular weight excluding hydrogens is 326 g/mol. The lowest BCUT2D eigenvalue weighted by Gasteiger charge is -2.49. The largest absolute Gasteiger partial charge is 0.339 e. The van der Waals surface area contributed by atoms with Crippen molar-refractivity contribution in [2.24, 2.45) is 5.92 Å². The second kappa shape index (κ2) is 7.08. The number of fused-ring (bicyclic) bond motifs is 3. The fourth-order valence-electron chi connectivity index (χ4n) is 4.17. The van der Waals surface area contributed by atoms with Crippen molar-refractivity contribution in [2.75, 3.05) is 19.6 Å². The number of rotatable bonds is 5. The number of pyridine rings is 1. The third kappa shape index (κ3) is 3.81. The molecule has 2 aromatic heterocycles. The Balaban J connectivity index is 1.55. The minimum Gasteiger partial charge on any atom is -0.339 e. The van der Waals surface area contributed by atoms with Gasteiger partial charge in [0.1, 0.15) is 0 Å². The molecule has 0 aromatic carbocycles. The molecule has 0 spiro atoms. The molecule has 3 saturated heterocycles. The van der Waals surface area contributed by atoms with E-state index in [-0.39, 0.29) is 5.41 Å². The van der Waals surface area contributed by atoms with E-state index < -0.39 is 0 Å². The SMILES string of the molecule is CC(C)(C)c1nc(CN(Cc2cccnc2)[C@H]2CN3CCC2CC3)no1. The molecule has 1 atom stereocenters. The number of hydrogen-bond acceptors (Lipinski definition) is 6. The van der Waals surface area contributed by atoms with Crippen molar-refractivity contribution in [1.82, 2.24) is 24.9 Å². The second-order valence-electron chi connectivity index (χ2n) is 8.74. The molecule has 0 N–H and O–H groups in total. The van der Waals surface area contributed by atoms with Crippen LogP contribution < -0.4 is 0 Å². The Morgan fingerprint density at radius 1 is 1.23 bits per heavy atom. The highest BCUT2D eigenvalue weighted by molar-refractivity contribution is 5.09.